The van der Waals surface area contributed by atoms with Crippen LogP contribution >= 0.6 is 0 Å². The standard InChI is InChI=1S/C23H32N2O2/c1-15-6-7-17(10-16(15)2)12-25-13-20-19(11-24-22(26)18-4-3-5-18)21-8-9-23(20,14-25)27-21/h6-7,10,18-21H,3-5,8-9,11-14H2,1-2H3,(H,24,26)/t19-,20+,21+,23+/m0/s1. The van der Waals surface area contributed by atoms with Gasteiger partial charge in [-0.15, -0.1) is 0 Å². The van der Waals surface area contributed by atoms with Gasteiger partial charge in [-0.3, -0.25) is 9.69 Å². The maximum atomic E-state index is 12.3. The van der Waals surface area contributed by atoms with Crippen LogP contribution in [0.5, 0.6) is 0 Å². The van der Waals surface area contributed by atoms with Crippen molar-refractivity contribution >= 4 is 5.91 Å². The van der Waals surface area contributed by atoms with Crippen molar-refractivity contribution < 1.29 is 9.53 Å². The molecule has 1 aliphatic carbocycles. The molecule has 27 heavy (non-hydrogen) atoms. The summed E-state index contributed by atoms with van der Waals surface area (Å²) in [6.07, 6.45) is 6.09. The lowest BCUT2D eigenvalue weighted by Crippen LogP contribution is -2.44. The number of benzene rings is 1. The molecule has 2 bridgehead atoms. The minimum atomic E-state index is 0.0519. The summed E-state index contributed by atoms with van der Waals surface area (Å²) in [6.45, 7) is 8.34. The maximum Gasteiger partial charge on any atom is 0.223 e. The number of ether oxygens (including phenoxy) is 1. The van der Waals surface area contributed by atoms with Crippen LogP contribution in [0.25, 0.3) is 0 Å². The van der Waals surface area contributed by atoms with E-state index in [-0.39, 0.29) is 17.4 Å². The van der Waals surface area contributed by atoms with E-state index in [0.717, 1.165) is 45.4 Å². The first-order valence-corrected chi connectivity index (χ1v) is 10.8. The van der Waals surface area contributed by atoms with E-state index in [4.69, 9.17) is 4.74 Å². The number of likely N-dealkylation sites (tertiary alicyclic amines) is 1. The van der Waals surface area contributed by atoms with Crippen LogP contribution in [-0.4, -0.2) is 42.1 Å². The summed E-state index contributed by atoms with van der Waals surface area (Å²) in [7, 11) is 0. The van der Waals surface area contributed by atoms with Crippen LogP contribution in [0.3, 0.4) is 0 Å². The minimum Gasteiger partial charge on any atom is -0.370 e. The fraction of sp³-hybridized carbons (Fsp3) is 0.696. The third kappa shape index (κ3) is 3.01. The van der Waals surface area contributed by atoms with E-state index in [1.54, 1.807) is 0 Å². The first-order chi connectivity index (χ1) is 13.0. The fourth-order valence-corrected chi connectivity index (χ4v) is 5.87. The lowest BCUT2D eigenvalue weighted by Gasteiger charge is -2.31. The molecule has 0 aromatic heterocycles. The Morgan fingerprint density at radius 3 is 2.85 bits per heavy atom. The van der Waals surface area contributed by atoms with Gasteiger partial charge in [0.15, 0.2) is 0 Å². The Bertz CT molecular complexity index is 744. The number of hydrogen-bond donors (Lipinski definition) is 1. The summed E-state index contributed by atoms with van der Waals surface area (Å²) in [5.74, 6) is 1.63. The molecule has 0 radical (unpaired) electrons. The molecular weight excluding hydrogens is 336 g/mol. The number of nitrogens with one attached hydrogen (secondary N) is 1. The van der Waals surface area contributed by atoms with Gasteiger partial charge in [0.25, 0.3) is 0 Å². The zero-order valence-electron chi connectivity index (χ0n) is 16.7. The van der Waals surface area contributed by atoms with Gasteiger partial charge in [0, 0.05) is 43.9 Å². The molecule has 1 N–H and O–H groups in total. The van der Waals surface area contributed by atoms with Crippen LogP contribution in [0, 0.1) is 31.6 Å². The molecule has 0 unspecified atom stereocenters. The van der Waals surface area contributed by atoms with Crippen LogP contribution in [0.15, 0.2) is 18.2 Å². The van der Waals surface area contributed by atoms with E-state index in [9.17, 15) is 4.79 Å². The molecule has 1 aromatic rings. The van der Waals surface area contributed by atoms with Gasteiger partial charge in [-0.25, -0.2) is 0 Å². The Kier molecular flexibility index (Phi) is 4.32. The van der Waals surface area contributed by atoms with Crippen molar-refractivity contribution in [2.24, 2.45) is 17.8 Å². The molecule has 1 spiro atoms. The average Bonchev–Trinajstić information content (AvgIpc) is 3.22. The van der Waals surface area contributed by atoms with Crippen LogP contribution in [0.1, 0.15) is 48.8 Å². The number of hydrogen-bond acceptors (Lipinski definition) is 3. The molecule has 3 heterocycles. The minimum absolute atomic E-state index is 0.0519. The predicted octanol–water partition coefficient (Wildman–Crippen LogP) is 3.20. The Hall–Kier alpha value is -1.39. The van der Waals surface area contributed by atoms with Crippen molar-refractivity contribution in [1.82, 2.24) is 10.2 Å². The third-order valence-electron chi connectivity index (χ3n) is 7.82. The van der Waals surface area contributed by atoms with Gasteiger partial charge in [0.1, 0.15) is 0 Å². The molecule has 4 atom stereocenters. The lowest BCUT2D eigenvalue weighted by molar-refractivity contribution is -0.127. The highest BCUT2D eigenvalue weighted by Gasteiger charge is 2.62. The predicted molar refractivity (Wildman–Crippen MR) is 105 cm³/mol. The van der Waals surface area contributed by atoms with Gasteiger partial charge < -0.3 is 10.1 Å². The van der Waals surface area contributed by atoms with E-state index in [0.29, 0.717) is 17.9 Å². The molecule has 146 valence electrons. The molecule has 4 heteroatoms. The highest BCUT2D eigenvalue weighted by atomic mass is 16.5. The smallest absolute Gasteiger partial charge is 0.223 e. The SMILES string of the molecule is Cc1ccc(CN2C[C@@H]3[C@H](CNC(=O)C4CCC4)[C@H]4CC[C@]3(C2)O4)cc1C. The summed E-state index contributed by atoms with van der Waals surface area (Å²) in [6, 6.07) is 6.83. The first-order valence-electron chi connectivity index (χ1n) is 10.8. The third-order valence-corrected chi connectivity index (χ3v) is 7.82. The van der Waals surface area contributed by atoms with Gasteiger partial charge in [-0.05, 0) is 56.2 Å². The van der Waals surface area contributed by atoms with Crippen molar-refractivity contribution in [3.8, 4) is 0 Å². The summed E-state index contributed by atoms with van der Waals surface area (Å²) in [4.78, 5) is 14.9. The Balaban J connectivity index is 1.24. The van der Waals surface area contributed by atoms with Crippen molar-refractivity contribution in [2.45, 2.75) is 64.2 Å². The number of aryl methyl sites for hydroxylation is 2. The monoisotopic (exact) mass is 368 g/mol. The largest absolute Gasteiger partial charge is 0.370 e. The van der Waals surface area contributed by atoms with Crippen LogP contribution in [0.2, 0.25) is 0 Å². The Morgan fingerprint density at radius 2 is 2.11 bits per heavy atom. The summed E-state index contributed by atoms with van der Waals surface area (Å²) >= 11 is 0. The molecule has 1 saturated carbocycles. The van der Waals surface area contributed by atoms with Crippen LogP contribution < -0.4 is 5.32 Å². The number of nitrogens with zero attached hydrogens (tertiary/aromatic N) is 1. The summed E-state index contributed by atoms with van der Waals surface area (Å²) < 4.78 is 6.55. The molecule has 5 rings (SSSR count). The topological polar surface area (TPSA) is 41.6 Å². The molecule has 4 fully saturated rings. The second-order valence-corrected chi connectivity index (χ2v) is 9.49. The zero-order valence-corrected chi connectivity index (χ0v) is 16.7. The normalized spacial score (nSPS) is 35.3. The highest BCUT2D eigenvalue weighted by Crippen LogP contribution is 2.54. The second kappa shape index (κ2) is 6.59. The van der Waals surface area contributed by atoms with Gasteiger partial charge in [-0.2, -0.15) is 0 Å². The number of rotatable bonds is 5. The molecular formula is C23H32N2O2. The summed E-state index contributed by atoms with van der Waals surface area (Å²) in [5.41, 5.74) is 4.19. The molecule has 1 amide bonds. The molecule has 4 nitrogen and oxygen atoms in total. The number of fused-ring (bicyclic) bond motifs is 1. The highest BCUT2D eigenvalue weighted by molar-refractivity contribution is 5.79. The van der Waals surface area contributed by atoms with Gasteiger partial charge in [-0.1, -0.05) is 24.6 Å². The van der Waals surface area contributed by atoms with E-state index in [1.165, 1.54) is 29.5 Å². The lowest BCUT2D eigenvalue weighted by atomic mass is 9.73. The first kappa shape index (κ1) is 17.7. The van der Waals surface area contributed by atoms with Crippen molar-refractivity contribution in [3.05, 3.63) is 34.9 Å². The van der Waals surface area contributed by atoms with Crippen LogP contribution in [-0.2, 0) is 16.1 Å². The number of carbonyl (C=O) groups is 1. The van der Waals surface area contributed by atoms with Gasteiger partial charge >= 0.3 is 0 Å². The van der Waals surface area contributed by atoms with Crippen LogP contribution in [0.4, 0.5) is 0 Å². The Morgan fingerprint density at radius 1 is 1.26 bits per heavy atom. The molecule has 4 aliphatic rings. The van der Waals surface area contributed by atoms with Crippen molar-refractivity contribution in [1.29, 1.82) is 0 Å². The van der Waals surface area contributed by atoms with Gasteiger partial charge in [0.2, 0.25) is 5.91 Å². The van der Waals surface area contributed by atoms with E-state index < -0.39 is 0 Å². The summed E-state index contributed by atoms with van der Waals surface area (Å²) in [5, 5.41) is 3.26. The van der Waals surface area contributed by atoms with E-state index >= 15 is 0 Å². The van der Waals surface area contributed by atoms with E-state index in [1.807, 2.05) is 0 Å². The quantitative estimate of drug-likeness (QED) is 0.868. The van der Waals surface area contributed by atoms with E-state index in [2.05, 4.69) is 42.3 Å². The molecule has 3 saturated heterocycles. The number of amides is 1. The van der Waals surface area contributed by atoms with Crippen molar-refractivity contribution in [3.63, 3.8) is 0 Å². The van der Waals surface area contributed by atoms with Crippen molar-refractivity contribution in [2.75, 3.05) is 19.6 Å². The second-order valence-electron chi connectivity index (χ2n) is 9.49. The van der Waals surface area contributed by atoms with Gasteiger partial charge in [0.05, 0.1) is 11.7 Å². The fourth-order valence-electron chi connectivity index (χ4n) is 5.87. The molecule has 1 aromatic carbocycles. The maximum absolute atomic E-state index is 12.3. The zero-order chi connectivity index (χ0) is 18.6. The Labute approximate surface area is 162 Å². The molecule has 3 aliphatic heterocycles. The average molecular weight is 369 g/mol. The number of carbonyl (C=O) groups excluding carboxylic acids is 1.